The van der Waals surface area contributed by atoms with Gasteiger partial charge in [-0.3, -0.25) is 14.5 Å². The molecule has 144 valence electrons. The molecule has 0 amide bonds. The van der Waals surface area contributed by atoms with Crippen molar-refractivity contribution in [2.75, 3.05) is 52.0 Å². The molecule has 25 heavy (non-hydrogen) atoms. The second kappa shape index (κ2) is 12.1. The molecule has 1 fully saturated rings. The first-order chi connectivity index (χ1) is 11.9. The lowest BCUT2D eigenvalue weighted by Gasteiger charge is -2.26. The van der Waals surface area contributed by atoms with Gasteiger partial charge in [-0.25, -0.2) is 4.79 Å². The van der Waals surface area contributed by atoms with Crippen molar-refractivity contribution in [1.82, 2.24) is 4.90 Å². The molecule has 2 N–H and O–H groups in total. The number of morpholine rings is 1. The number of carbonyl (C=O) groups is 3. The molecule has 0 radical (unpaired) electrons. The Morgan fingerprint density at radius 1 is 1.12 bits per heavy atom. The van der Waals surface area contributed by atoms with Gasteiger partial charge >= 0.3 is 17.2 Å². The Hall–Kier alpha value is -1.36. The molecule has 1 saturated heterocycles. The monoisotopic (exact) mass is 378 g/mol. The van der Waals surface area contributed by atoms with Gasteiger partial charge in [0.2, 0.25) is 6.79 Å². The van der Waals surface area contributed by atoms with Crippen molar-refractivity contribution in [3.8, 4) is 0 Å². The maximum atomic E-state index is 11.8. The van der Waals surface area contributed by atoms with Gasteiger partial charge in [0.05, 0.1) is 19.1 Å². The van der Waals surface area contributed by atoms with Crippen LogP contribution in [0.4, 0.5) is 4.79 Å². The molecule has 1 atom stereocenters. The van der Waals surface area contributed by atoms with Crippen LogP contribution in [0.5, 0.6) is 0 Å². The Bertz CT molecular complexity index is 442. The quantitative estimate of drug-likeness (QED) is 0.441. The summed E-state index contributed by atoms with van der Waals surface area (Å²) < 4.78 is 19.7. The van der Waals surface area contributed by atoms with E-state index in [0.717, 1.165) is 24.9 Å². The van der Waals surface area contributed by atoms with Crippen molar-refractivity contribution in [2.45, 2.75) is 19.9 Å². The van der Waals surface area contributed by atoms with E-state index in [4.69, 9.17) is 24.7 Å². The van der Waals surface area contributed by atoms with E-state index < -0.39 is 30.1 Å². The topological polar surface area (TPSA) is 117 Å². The summed E-state index contributed by atoms with van der Waals surface area (Å²) in [6.45, 7) is 6.73. The van der Waals surface area contributed by atoms with Crippen molar-refractivity contribution in [3.05, 3.63) is 0 Å². The molecule has 0 aromatic heterocycles. The Morgan fingerprint density at radius 2 is 1.80 bits per heavy atom. The van der Waals surface area contributed by atoms with Crippen LogP contribution in [0.2, 0.25) is 0 Å². The van der Waals surface area contributed by atoms with Crippen LogP contribution in [-0.2, 0) is 28.5 Å². The number of esters is 2. The third-order valence-corrected chi connectivity index (χ3v) is 4.17. The van der Waals surface area contributed by atoms with E-state index in [1.165, 1.54) is 0 Å². The van der Waals surface area contributed by atoms with Crippen LogP contribution in [-0.4, -0.2) is 80.2 Å². The number of thioether (sulfide) groups is 1. The van der Waals surface area contributed by atoms with Crippen molar-refractivity contribution < 1.29 is 33.3 Å². The van der Waals surface area contributed by atoms with Crippen molar-refractivity contribution >= 4 is 29.0 Å². The lowest BCUT2D eigenvalue weighted by Crippen LogP contribution is -2.40. The highest BCUT2D eigenvalue weighted by atomic mass is 32.2. The van der Waals surface area contributed by atoms with Gasteiger partial charge in [0, 0.05) is 25.4 Å². The minimum Gasteiger partial charge on any atom is -0.463 e. The fourth-order valence-corrected chi connectivity index (χ4v) is 2.36. The van der Waals surface area contributed by atoms with E-state index in [-0.39, 0.29) is 18.3 Å². The standard InChI is InChI=1S/C15H26N2O7S/c1-11(2)13(18)23-10-24-15(20)25-9-12(16)14(19)22-8-5-17-3-6-21-7-4-17/h11-12H,3-10,16H2,1-2H3/t12-/m0/s1. The summed E-state index contributed by atoms with van der Waals surface area (Å²) in [5, 5.41) is -0.673. The Labute approximate surface area is 151 Å². The molecule has 0 aromatic rings. The van der Waals surface area contributed by atoms with Gasteiger partial charge in [0.1, 0.15) is 12.6 Å². The fourth-order valence-electron chi connectivity index (χ4n) is 1.78. The SMILES string of the molecule is CC(C)C(=O)OCOC(=O)SC[C@H](N)C(=O)OCCN1CCOCC1. The van der Waals surface area contributed by atoms with Gasteiger partial charge in [-0.2, -0.15) is 0 Å². The second-order valence-corrected chi connectivity index (χ2v) is 6.62. The first-order valence-electron chi connectivity index (χ1n) is 8.08. The third kappa shape index (κ3) is 9.63. The van der Waals surface area contributed by atoms with E-state index in [2.05, 4.69) is 4.90 Å². The maximum absolute atomic E-state index is 11.8. The lowest BCUT2D eigenvalue weighted by molar-refractivity contribution is -0.155. The Morgan fingerprint density at radius 3 is 2.44 bits per heavy atom. The van der Waals surface area contributed by atoms with Crippen LogP contribution in [0.3, 0.4) is 0 Å². The zero-order chi connectivity index (χ0) is 18.7. The first kappa shape index (κ1) is 21.7. The molecule has 1 aliphatic heterocycles. The molecule has 10 heteroatoms. The largest absolute Gasteiger partial charge is 0.463 e. The smallest absolute Gasteiger partial charge is 0.370 e. The minimum absolute atomic E-state index is 0.0212. The van der Waals surface area contributed by atoms with Gasteiger partial charge in [0.15, 0.2) is 0 Å². The zero-order valence-corrected chi connectivity index (χ0v) is 15.4. The number of hydrogen-bond acceptors (Lipinski definition) is 10. The third-order valence-electron chi connectivity index (χ3n) is 3.29. The first-order valence-corrected chi connectivity index (χ1v) is 9.07. The van der Waals surface area contributed by atoms with Crippen LogP contribution in [0.15, 0.2) is 0 Å². The molecular weight excluding hydrogens is 352 g/mol. The summed E-state index contributed by atoms with van der Waals surface area (Å²) in [5.74, 6) is -1.31. The predicted molar refractivity (Wildman–Crippen MR) is 90.9 cm³/mol. The molecule has 1 heterocycles. The number of ether oxygens (including phenoxy) is 4. The minimum atomic E-state index is -0.930. The molecule has 0 spiro atoms. The second-order valence-electron chi connectivity index (χ2n) is 5.67. The maximum Gasteiger partial charge on any atom is 0.370 e. The van der Waals surface area contributed by atoms with Gasteiger partial charge in [0.25, 0.3) is 0 Å². The Balaban J connectivity index is 2.09. The average molecular weight is 378 g/mol. The summed E-state index contributed by atoms with van der Waals surface area (Å²) >= 11 is 0.729. The van der Waals surface area contributed by atoms with Gasteiger partial charge in [-0.05, 0) is 11.8 Å². The molecule has 0 bridgehead atoms. The van der Waals surface area contributed by atoms with E-state index in [1.807, 2.05) is 0 Å². The molecular formula is C15H26N2O7S. The van der Waals surface area contributed by atoms with E-state index in [0.29, 0.717) is 19.8 Å². The molecule has 0 unspecified atom stereocenters. The highest BCUT2D eigenvalue weighted by Crippen LogP contribution is 2.08. The predicted octanol–water partition coefficient (Wildman–Crippen LogP) is 0.216. The molecule has 9 nitrogen and oxygen atoms in total. The highest BCUT2D eigenvalue weighted by molar-refractivity contribution is 8.13. The molecule has 0 aromatic carbocycles. The Kier molecular flexibility index (Phi) is 10.5. The number of carbonyl (C=O) groups excluding carboxylic acids is 3. The summed E-state index contributed by atoms with van der Waals surface area (Å²) in [4.78, 5) is 36.5. The summed E-state index contributed by atoms with van der Waals surface area (Å²) in [6, 6.07) is -0.930. The van der Waals surface area contributed by atoms with Crippen molar-refractivity contribution in [3.63, 3.8) is 0 Å². The number of nitrogens with zero attached hydrogens (tertiary/aromatic N) is 1. The van der Waals surface area contributed by atoms with E-state index >= 15 is 0 Å². The summed E-state index contributed by atoms with van der Waals surface area (Å²) in [7, 11) is 0. The van der Waals surface area contributed by atoms with Crippen LogP contribution >= 0.6 is 11.8 Å². The zero-order valence-electron chi connectivity index (χ0n) is 14.6. The summed E-state index contributed by atoms with van der Waals surface area (Å²) in [5.41, 5.74) is 5.68. The normalized spacial score (nSPS) is 16.3. The summed E-state index contributed by atoms with van der Waals surface area (Å²) in [6.07, 6.45) is 0. The van der Waals surface area contributed by atoms with E-state index in [1.54, 1.807) is 13.8 Å². The van der Waals surface area contributed by atoms with Crippen LogP contribution < -0.4 is 5.73 Å². The molecule has 1 rings (SSSR count). The number of nitrogens with two attached hydrogens (primary N) is 1. The van der Waals surface area contributed by atoms with Crippen LogP contribution in [0, 0.1) is 5.92 Å². The number of hydrogen-bond donors (Lipinski definition) is 1. The van der Waals surface area contributed by atoms with E-state index in [9.17, 15) is 14.4 Å². The average Bonchev–Trinajstić information content (AvgIpc) is 2.60. The number of rotatable bonds is 9. The fraction of sp³-hybridized carbons (Fsp3) is 0.800. The van der Waals surface area contributed by atoms with Gasteiger partial charge in [-0.15, -0.1) is 0 Å². The lowest BCUT2D eigenvalue weighted by atomic mass is 10.2. The van der Waals surface area contributed by atoms with Crippen LogP contribution in [0.25, 0.3) is 0 Å². The molecule has 0 saturated carbocycles. The van der Waals surface area contributed by atoms with Crippen LogP contribution in [0.1, 0.15) is 13.8 Å². The van der Waals surface area contributed by atoms with Crippen molar-refractivity contribution in [2.24, 2.45) is 11.7 Å². The van der Waals surface area contributed by atoms with Crippen molar-refractivity contribution in [1.29, 1.82) is 0 Å². The molecule has 1 aliphatic rings. The highest BCUT2D eigenvalue weighted by Gasteiger charge is 2.19. The van der Waals surface area contributed by atoms with Gasteiger partial charge in [-0.1, -0.05) is 13.8 Å². The molecule has 0 aliphatic carbocycles. The van der Waals surface area contributed by atoms with Gasteiger partial charge < -0.3 is 24.7 Å².